The molecule has 0 radical (unpaired) electrons. The molecule has 226 valence electrons. The standard InChI is InChI=1S/C40H36N6/c1-39(2,3)25-15-19-27(20-16-25)43-33-23-36-34(24-35(33)45-31-13-9-7-11-29(31)41-37(43)45)44(28-21-17-26(18-22-28)40(4,5)6)38-42-30-12-8-10-14-32(30)46(36)38/h7-24H,1-6H3. The Morgan fingerprint density at radius 1 is 0.413 bits per heavy atom. The van der Waals surface area contributed by atoms with Crippen LogP contribution in [0.3, 0.4) is 0 Å². The number of hydrogen-bond donors (Lipinski definition) is 0. The van der Waals surface area contributed by atoms with Crippen LogP contribution in [0.15, 0.2) is 109 Å². The van der Waals surface area contributed by atoms with Gasteiger partial charge in [-0.3, -0.25) is 17.9 Å². The summed E-state index contributed by atoms with van der Waals surface area (Å²) < 4.78 is 9.23. The molecule has 0 aliphatic carbocycles. The summed E-state index contributed by atoms with van der Waals surface area (Å²) >= 11 is 0. The molecule has 6 heteroatoms. The second-order valence-corrected chi connectivity index (χ2v) is 14.6. The van der Waals surface area contributed by atoms with Crippen LogP contribution in [-0.4, -0.2) is 27.9 Å². The lowest BCUT2D eigenvalue weighted by Gasteiger charge is -2.19. The highest BCUT2D eigenvalue weighted by Crippen LogP contribution is 2.37. The number of nitrogens with zero attached hydrogens (tertiary/aromatic N) is 6. The van der Waals surface area contributed by atoms with E-state index in [2.05, 4.69) is 169 Å². The first-order valence-electron chi connectivity index (χ1n) is 16.0. The van der Waals surface area contributed by atoms with Crippen LogP contribution in [0.25, 0.3) is 67.1 Å². The Bertz CT molecular complexity index is 2440. The van der Waals surface area contributed by atoms with E-state index in [9.17, 15) is 0 Å². The summed E-state index contributed by atoms with van der Waals surface area (Å²) in [5, 5.41) is 0. The Kier molecular flexibility index (Phi) is 5.34. The Balaban J connectivity index is 1.43. The van der Waals surface area contributed by atoms with Gasteiger partial charge >= 0.3 is 0 Å². The maximum Gasteiger partial charge on any atom is 0.220 e. The minimum absolute atomic E-state index is 0.0723. The molecule has 0 bridgehead atoms. The fourth-order valence-corrected chi connectivity index (χ4v) is 7.02. The van der Waals surface area contributed by atoms with Crippen molar-refractivity contribution >= 4 is 55.7 Å². The number of imidazole rings is 4. The fraction of sp³-hybridized carbons (Fsp3) is 0.200. The van der Waals surface area contributed by atoms with Crippen molar-refractivity contribution in [2.45, 2.75) is 52.4 Å². The van der Waals surface area contributed by atoms with E-state index >= 15 is 0 Å². The molecule has 0 aliphatic rings. The Hall–Kier alpha value is -5.36. The lowest BCUT2D eigenvalue weighted by molar-refractivity contribution is 0.590. The molecule has 0 spiro atoms. The number of para-hydroxylation sites is 4. The number of hydrogen-bond acceptors (Lipinski definition) is 2. The molecule has 9 aromatic rings. The van der Waals surface area contributed by atoms with Gasteiger partial charge in [-0.05, 0) is 82.6 Å². The zero-order valence-corrected chi connectivity index (χ0v) is 27.1. The van der Waals surface area contributed by atoms with E-state index < -0.39 is 0 Å². The van der Waals surface area contributed by atoms with Gasteiger partial charge in [0, 0.05) is 11.4 Å². The topological polar surface area (TPSA) is 44.5 Å². The van der Waals surface area contributed by atoms with Crippen LogP contribution >= 0.6 is 0 Å². The van der Waals surface area contributed by atoms with Gasteiger partial charge in [-0.25, -0.2) is 9.97 Å². The SMILES string of the molecule is CC(C)(C)c1ccc(-n2c3cc4c(cc3n3c5ccccc5nc23)n(-c2ccc(C(C)(C)C)cc2)c2nc3ccccc3n42)cc1. The van der Waals surface area contributed by atoms with Crippen LogP contribution in [0.2, 0.25) is 0 Å². The second-order valence-electron chi connectivity index (χ2n) is 14.6. The van der Waals surface area contributed by atoms with Crippen LogP contribution in [0, 0.1) is 0 Å². The molecule has 0 saturated carbocycles. The van der Waals surface area contributed by atoms with E-state index in [0.29, 0.717) is 0 Å². The summed E-state index contributed by atoms with van der Waals surface area (Å²) in [4.78, 5) is 10.4. The Labute approximate surface area is 267 Å². The molecule has 6 nitrogen and oxygen atoms in total. The molecule has 0 fully saturated rings. The molecular weight excluding hydrogens is 564 g/mol. The largest absolute Gasteiger partial charge is 0.278 e. The van der Waals surface area contributed by atoms with Gasteiger partial charge in [0.15, 0.2) is 0 Å². The Morgan fingerprint density at radius 3 is 1.15 bits per heavy atom. The highest BCUT2D eigenvalue weighted by Gasteiger charge is 2.24. The van der Waals surface area contributed by atoms with E-state index in [4.69, 9.17) is 9.97 Å². The molecule has 4 aromatic heterocycles. The molecule has 4 heterocycles. The lowest BCUT2D eigenvalue weighted by Crippen LogP contribution is -2.10. The van der Waals surface area contributed by atoms with Crippen molar-refractivity contribution in [1.82, 2.24) is 27.9 Å². The summed E-state index contributed by atoms with van der Waals surface area (Å²) in [6.45, 7) is 13.5. The van der Waals surface area contributed by atoms with Crippen molar-refractivity contribution in [2.24, 2.45) is 0 Å². The zero-order valence-electron chi connectivity index (χ0n) is 27.1. The molecule has 9 rings (SSSR count). The zero-order chi connectivity index (χ0) is 31.5. The fourth-order valence-electron chi connectivity index (χ4n) is 7.02. The molecule has 46 heavy (non-hydrogen) atoms. The third kappa shape index (κ3) is 3.76. The molecule has 0 amide bonds. The van der Waals surface area contributed by atoms with Gasteiger partial charge < -0.3 is 0 Å². The van der Waals surface area contributed by atoms with Gasteiger partial charge in [0.25, 0.3) is 0 Å². The highest BCUT2D eigenvalue weighted by atomic mass is 15.2. The van der Waals surface area contributed by atoms with E-state index in [1.54, 1.807) is 0 Å². The molecular formula is C40H36N6. The summed E-state index contributed by atoms with van der Waals surface area (Å²) in [5.41, 5.74) is 13.5. The minimum Gasteiger partial charge on any atom is -0.278 e. The summed E-state index contributed by atoms with van der Waals surface area (Å²) in [6.07, 6.45) is 0. The third-order valence-corrected chi connectivity index (χ3v) is 9.50. The molecule has 0 atom stereocenters. The predicted octanol–water partition coefficient (Wildman–Crippen LogP) is 9.77. The van der Waals surface area contributed by atoms with Crippen LogP contribution in [0.4, 0.5) is 0 Å². The molecule has 0 unspecified atom stereocenters. The van der Waals surface area contributed by atoms with Crippen LogP contribution in [0.5, 0.6) is 0 Å². The van der Waals surface area contributed by atoms with Crippen LogP contribution < -0.4 is 0 Å². The number of aromatic nitrogens is 6. The maximum absolute atomic E-state index is 5.19. The quantitative estimate of drug-likeness (QED) is 0.198. The first-order chi connectivity index (χ1) is 22.1. The normalized spacial score (nSPS) is 13.0. The summed E-state index contributed by atoms with van der Waals surface area (Å²) in [7, 11) is 0. The number of benzene rings is 5. The molecule has 0 aliphatic heterocycles. The lowest BCUT2D eigenvalue weighted by atomic mass is 9.87. The monoisotopic (exact) mass is 600 g/mol. The van der Waals surface area contributed by atoms with Crippen molar-refractivity contribution in [3.05, 3.63) is 120 Å². The maximum atomic E-state index is 5.19. The first-order valence-corrected chi connectivity index (χ1v) is 16.0. The van der Waals surface area contributed by atoms with Gasteiger partial charge in [0.2, 0.25) is 11.6 Å². The van der Waals surface area contributed by atoms with Gasteiger partial charge in [-0.15, -0.1) is 0 Å². The molecule has 0 saturated heterocycles. The van der Waals surface area contributed by atoms with Crippen molar-refractivity contribution in [3.63, 3.8) is 0 Å². The van der Waals surface area contributed by atoms with E-state index in [-0.39, 0.29) is 10.8 Å². The smallest absolute Gasteiger partial charge is 0.220 e. The molecule has 0 N–H and O–H groups in total. The van der Waals surface area contributed by atoms with E-state index in [0.717, 1.165) is 67.1 Å². The van der Waals surface area contributed by atoms with Crippen LogP contribution in [-0.2, 0) is 10.8 Å². The van der Waals surface area contributed by atoms with Gasteiger partial charge in [0.05, 0.1) is 44.1 Å². The number of fused-ring (bicyclic) bond motifs is 10. The van der Waals surface area contributed by atoms with E-state index in [1.807, 2.05) is 0 Å². The minimum atomic E-state index is 0.0723. The average molecular weight is 601 g/mol. The number of rotatable bonds is 2. The predicted molar refractivity (Wildman–Crippen MR) is 190 cm³/mol. The van der Waals surface area contributed by atoms with Gasteiger partial charge in [0.1, 0.15) is 0 Å². The molecule has 5 aromatic carbocycles. The second kappa shape index (κ2) is 9.10. The third-order valence-electron chi connectivity index (χ3n) is 9.50. The van der Waals surface area contributed by atoms with Crippen LogP contribution in [0.1, 0.15) is 52.7 Å². The van der Waals surface area contributed by atoms with Gasteiger partial charge in [-0.2, -0.15) is 0 Å². The summed E-state index contributed by atoms with van der Waals surface area (Å²) in [6, 6.07) is 39.4. The van der Waals surface area contributed by atoms with Crippen molar-refractivity contribution < 1.29 is 0 Å². The van der Waals surface area contributed by atoms with Crippen molar-refractivity contribution in [2.75, 3.05) is 0 Å². The summed E-state index contributed by atoms with van der Waals surface area (Å²) in [5.74, 6) is 1.81. The highest BCUT2D eigenvalue weighted by molar-refractivity contribution is 6.02. The van der Waals surface area contributed by atoms with Gasteiger partial charge in [-0.1, -0.05) is 90.1 Å². The Morgan fingerprint density at radius 2 is 0.783 bits per heavy atom. The van der Waals surface area contributed by atoms with Crippen molar-refractivity contribution in [1.29, 1.82) is 0 Å². The average Bonchev–Trinajstić information content (AvgIpc) is 3.75. The first kappa shape index (κ1) is 27.0. The van der Waals surface area contributed by atoms with Crippen molar-refractivity contribution in [3.8, 4) is 11.4 Å². The van der Waals surface area contributed by atoms with E-state index in [1.165, 1.54) is 11.1 Å².